The number of piperidine rings is 1. The minimum atomic E-state index is -0.185. The third-order valence-electron chi connectivity index (χ3n) is 5.49. The van der Waals surface area contributed by atoms with Crippen LogP contribution in [0, 0.1) is 6.92 Å². The maximum absolute atomic E-state index is 12.5. The van der Waals surface area contributed by atoms with E-state index in [4.69, 9.17) is 0 Å². The first-order valence-corrected chi connectivity index (χ1v) is 10.6. The maximum Gasteiger partial charge on any atom is 0.254 e. The molecule has 1 aliphatic heterocycles. The number of rotatable bonds is 7. The van der Waals surface area contributed by atoms with Crippen LogP contribution in [0.25, 0.3) is 11.4 Å². The molecule has 2 N–H and O–H groups in total. The van der Waals surface area contributed by atoms with Gasteiger partial charge in [-0.25, -0.2) is 4.98 Å². The number of aryl methyl sites for hydroxylation is 1. The molecule has 2 aromatic rings. The number of amides is 1. The number of nitrogens with zero attached hydrogens (tertiary/aromatic N) is 3. The Labute approximate surface area is 177 Å². The van der Waals surface area contributed by atoms with Crippen LogP contribution < -0.4 is 10.9 Å². The van der Waals surface area contributed by atoms with Gasteiger partial charge >= 0.3 is 0 Å². The molecule has 0 saturated carbocycles. The molecular weight excluding hydrogens is 378 g/mol. The number of H-pyrrole nitrogens is 1. The fourth-order valence-corrected chi connectivity index (χ4v) is 3.66. The molecule has 2 aromatic heterocycles. The monoisotopic (exact) mass is 409 g/mol. The highest BCUT2D eigenvalue weighted by Crippen LogP contribution is 2.14. The minimum absolute atomic E-state index is 0.00485. The SMILES string of the molecule is CC(C)=CCN1CCC(NC(=O)CCc2c(C)nc(-c3ccncc3)[nH]c2=O)CC1. The van der Waals surface area contributed by atoms with Gasteiger partial charge in [-0.2, -0.15) is 0 Å². The second-order valence-corrected chi connectivity index (χ2v) is 8.14. The molecule has 7 nitrogen and oxygen atoms in total. The summed E-state index contributed by atoms with van der Waals surface area (Å²) in [5, 5.41) is 3.13. The van der Waals surface area contributed by atoms with Gasteiger partial charge in [-0.1, -0.05) is 11.6 Å². The fourth-order valence-electron chi connectivity index (χ4n) is 3.66. The van der Waals surface area contributed by atoms with Gasteiger partial charge in [0, 0.05) is 61.3 Å². The Morgan fingerprint density at radius 1 is 1.27 bits per heavy atom. The average Bonchev–Trinajstić information content (AvgIpc) is 2.73. The standard InChI is InChI=1S/C23H31N5O2/c1-16(2)8-13-28-14-9-19(10-15-28)26-21(29)5-4-20-17(3)25-22(27-23(20)30)18-6-11-24-12-7-18/h6-8,11-12,19H,4-5,9-10,13-15H2,1-3H3,(H,26,29)(H,25,27,30). The zero-order chi connectivity index (χ0) is 21.5. The van der Waals surface area contributed by atoms with Crippen LogP contribution in [-0.2, 0) is 11.2 Å². The van der Waals surface area contributed by atoms with Crippen molar-refractivity contribution in [1.29, 1.82) is 0 Å². The summed E-state index contributed by atoms with van der Waals surface area (Å²) in [6, 6.07) is 3.82. The summed E-state index contributed by atoms with van der Waals surface area (Å²) >= 11 is 0. The number of hydrogen-bond donors (Lipinski definition) is 2. The van der Waals surface area contributed by atoms with Gasteiger partial charge in [-0.05, 0) is 52.2 Å². The Hall–Kier alpha value is -2.80. The smallest absolute Gasteiger partial charge is 0.254 e. The Balaban J connectivity index is 1.51. The first-order valence-electron chi connectivity index (χ1n) is 10.6. The molecular formula is C23H31N5O2. The number of pyridine rings is 1. The third kappa shape index (κ3) is 6.10. The summed E-state index contributed by atoms with van der Waals surface area (Å²) in [5.74, 6) is 0.516. The fraction of sp³-hybridized carbons (Fsp3) is 0.478. The van der Waals surface area contributed by atoms with E-state index < -0.39 is 0 Å². The van der Waals surface area contributed by atoms with E-state index in [-0.39, 0.29) is 23.9 Å². The van der Waals surface area contributed by atoms with E-state index >= 15 is 0 Å². The zero-order valence-electron chi connectivity index (χ0n) is 18.1. The van der Waals surface area contributed by atoms with Crippen LogP contribution >= 0.6 is 0 Å². The summed E-state index contributed by atoms with van der Waals surface area (Å²) in [6.45, 7) is 9.01. The summed E-state index contributed by atoms with van der Waals surface area (Å²) < 4.78 is 0. The van der Waals surface area contributed by atoms with Gasteiger partial charge < -0.3 is 10.3 Å². The Morgan fingerprint density at radius 3 is 2.60 bits per heavy atom. The lowest BCUT2D eigenvalue weighted by Gasteiger charge is -2.31. The molecule has 1 saturated heterocycles. The molecule has 3 heterocycles. The van der Waals surface area contributed by atoms with Crippen LogP contribution in [0.3, 0.4) is 0 Å². The Morgan fingerprint density at radius 2 is 1.97 bits per heavy atom. The number of aromatic nitrogens is 3. The van der Waals surface area contributed by atoms with E-state index in [0.29, 0.717) is 23.5 Å². The zero-order valence-corrected chi connectivity index (χ0v) is 18.1. The predicted octanol–water partition coefficient (Wildman–Crippen LogP) is 2.62. The van der Waals surface area contributed by atoms with Gasteiger partial charge in [0.1, 0.15) is 5.82 Å². The molecule has 1 amide bonds. The van der Waals surface area contributed by atoms with Crippen LogP contribution in [0.1, 0.15) is 44.4 Å². The van der Waals surface area contributed by atoms with Gasteiger partial charge in [0.2, 0.25) is 5.91 Å². The number of likely N-dealkylation sites (tertiary alicyclic amines) is 1. The van der Waals surface area contributed by atoms with Gasteiger partial charge in [-0.15, -0.1) is 0 Å². The van der Waals surface area contributed by atoms with Gasteiger partial charge in [0.25, 0.3) is 5.56 Å². The van der Waals surface area contributed by atoms with Gasteiger partial charge in [0.15, 0.2) is 0 Å². The van der Waals surface area contributed by atoms with Crippen LogP contribution in [0.4, 0.5) is 0 Å². The van der Waals surface area contributed by atoms with Crippen molar-refractivity contribution in [3.05, 3.63) is 57.8 Å². The summed E-state index contributed by atoms with van der Waals surface area (Å²) in [6.07, 6.45) is 8.17. The number of nitrogens with one attached hydrogen (secondary N) is 2. The highest BCUT2D eigenvalue weighted by molar-refractivity contribution is 5.76. The number of allylic oxidation sites excluding steroid dienone is 1. The van der Waals surface area contributed by atoms with E-state index in [1.165, 1.54) is 5.57 Å². The molecule has 160 valence electrons. The van der Waals surface area contributed by atoms with E-state index in [1.54, 1.807) is 24.5 Å². The van der Waals surface area contributed by atoms with Crippen LogP contribution in [0.5, 0.6) is 0 Å². The van der Waals surface area contributed by atoms with Crippen molar-refractivity contribution in [2.24, 2.45) is 0 Å². The Bertz CT molecular complexity index is 940. The van der Waals surface area contributed by atoms with Crippen molar-refractivity contribution in [2.45, 2.75) is 52.5 Å². The van der Waals surface area contributed by atoms with Crippen LogP contribution in [0.15, 0.2) is 41.0 Å². The summed E-state index contributed by atoms with van der Waals surface area (Å²) in [4.78, 5) is 38.7. The molecule has 7 heteroatoms. The normalized spacial score (nSPS) is 15.0. The molecule has 0 unspecified atom stereocenters. The molecule has 1 aliphatic rings. The van der Waals surface area contributed by atoms with E-state index in [2.05, 4.69) is 45.1 Å². The van der Waals surface area contributed by atoms with Crippen molar-refractivity contribution < 1.29 is 4.79 Å². The van der Waals surface area contributed by atoms with E-state index in [0.717, 1.165) is 38.0 Å². The number of carbonyl (C=O) groups is 1. The average molecular weight is 410 g/mol. The lowest BCUT2D eigenvalue weighted by atomic mass is 10.0. The summed E-state index contributed by atoms with van der Waals surface area (Å²) in [5.41, 5.74) is 3.18. The topological polar surface area (TPSA) is 91.0 Å². The highest BCUT2D eigenvalue weighted by Gasteiger charge is 2.20. The second kappa shape index (κ2) is 10.3. The molecule has 0 spiro atoms. The molecule has 0 bridgehead atoms. The molecule has 0 atom stereocenters. The van der Waals surface area contributed by atoms with Crippen LogP contribution in [0.2, 0.25) is 0 Å². The minimum Gasteiger partial charge on any atom is -0.353 e. The maximum atomic E-state index is 12.5. The number of aromatic amines is 1. The van der Waals surface area contributed by atoms with Crippen LogP contribution in [-0.4, -0.2) is 51.4 Å². The lowest BCUT2D eigenvalue weighted by Crippen LogP contribution is -2.44. The molecule has 0 aliphatic carbocycles. The quantitative estimate of drug-likeness (QED) is 0.686. The molecule has 0 radical (unpaired) electrons. The van der Waals surface area contributed by atoms with Gasteiger partial charge in [0.05, 0.1) is 0 Å². The third-order valence-corrected chi connectivity index (χ3v) is 5.49. The van der Waals surface area contributed by atoms with Crippen molar-refractivity contribution >= 4 is 5.91 Å². The number of hydrogen-bond acceptors (Lipinski definition) is 5. The second-order valence-electron chi connectivity index (χ2n) is 8.14. The van der Waals surface area contributed by atoms with Crippen molar-refractivity contribution in [2.75, 3.05) is 19.6 Å². The molecule has 0 aromatic carbocycles. The number of carbonyl (C=O) groups excluding carboxylic acids is 1. The predicted molar refractivity (Wildman–Crippen MR) is 118 cm³/mol. The molecule has 30 heavy (non-hydrogen) atoms. The Kier molecular flexibility index (Phi) is 7.52. The van der Waals surface area contributed by atoms with Gasteiger partial charge in [-0.3, -0.25) is 19.5 Å². The summed E-state index contributed by atoms with van der Waals surface area (Å²) in [7, 11) is 0. The van der Waals surface area contributed by atoms with Crippen molar-refractivity contribution in [1.82, 2.24) is 25.2 Å². The van der Waals surface area contributed by atoms with Crippen molar-refractivity contribution in [3.8, 4) is 11.4 Å². The lowest BCUT2D eigenvalue weighted by molar-refractivity contribution is -0.122. The first kappa shape index (κ1) is 21.9. The highest BCUT2D eigenvalue weighted by atomic mass is 16.1. The molecule has 3 rings (SSSR count). The largest absolute Gasteiger partial charge is 0.353 e. The first-order chi connectivity index (χ1) is 14.4. The molecule has 1 fully saturated rings. The van der Waals surface area contributed by atoms with Crippen molar-refractivity contribution in [3.63, 3.8) is 0 Å². The van der Waals surface area contributed by atoms with E-state index in [9.17, 15) is 9.59 Å². The van der Waals surface area contributed by atoms with E-state index in [1.807, 2.05) is 6.92 Å².